The number of carbonyl (C=O) groups is 1. The Kier molecular flexibility index (Phi) is 4.52. The SMILES string of the molecule is CC(N)C1CCCN(C(=O)c2ccc(F)cc2[N+](=O)[O-])C1. The fourth-order valence-electron chi connectivity index (χ4n) is 2.63. The Morgan fingerprint density at radius 2 is 2.29 bits per heavy atom. The lowest BCUT2D eigenvalue weighted by molar-refractivity contribution is -0.385. The first kappa shape index (κ1) is 15.4. The highest BCUT2D eigenvalue weighted by atomic mass is 19.1. The van der Waals surface area contributed by atoms with Crippen molar-refractivity contribution in [2.75, 3.05) is 13.1 Å². The predicted molar refractivity (Wildman–Crippen MR) is 75.3 cm³/mol. The smallest absolute Gasteiger partial charge is 0.285 e. The van der Waals surface area contributed by atoms with E-state index in [2.05, 4.69) is 0 Å². The Labute approximate surface area is 121 Å². The Bertz CT molecular complexity index is 562. The monoisotopic (exact) mass is 295 g/mol. The van der Waals surface area contributed by atoms with Crippen molar-refractivity contribution in [3.63, 3.8) is 0 Å². The third kappa shape index (κ3) is 3.36. The van der Waals surface area contributed by atoms with Crippen LogP contribution in [-0.2, 0) is 0 Å². The van der Waals surface area contributed by atoms with Gasteiger partial charge in [0.25, 0.3) is 11.6 Å². The van der Waals surface area contributed by atoms with Gasteiger partial charge in [0, 0.05) is 19.1 Å². The number of nitrogens with two attached hydrogens (primary N) is 1. The molecule has 1 aliphatic heterocycles. The average Bonchev–Trinajstić information content (AvgIpc) is 2.46. The van der Waals surface area contributed by atoms with Crippen LogP contribution in [0, 0.1) is 21.8 Å². The fourth-order valence-corrected chi connectivity index (χ4v) is 2.63. The molecule has 0 saturated carbocycles. The fraction of sp³-hybridized carbons (Fsp3) is 0.500. The lowest BCUT2D eigenvalue weighted by Gasteiger charge is -2.34. The van der Waals surface area contributed by atoms with Gasteiger partial charge in [0.2, 0.25) is 0 Å². The largest absolute Gasteiger partial charge is 0.338 e. The summed E-state index contributed by atoms with van der Waals surface area (Å²) >= 11 is 0. The first-order valence-electron chi connectivity index (χ1n) is 6.89. The topological polar surface area (TPSA) is 89.5 Å². The van der Waals surface area contributed by atoms with Crippen molar-refractivity contribution in [1.29, 1.82) is 0 Å². The van der Waals surface area contributed by atoms with Crippen molar-refractivity contribution in [3.8, 4) is 0 Å². The number of halogens is 1. The minimum absolute atomic E-state index is 0.0381. The number of rotatable bonds is 3. The van der Waals surface area contributed by atoms with Gasteiger partial charge in [0.05, 0.1) is 11.0 Å². The van der Waals surface area contributed by atoms with Crippen LogP contribution >= 0.6 is 0 Å². The molecule has 6 nitrogen and oxygen atoms in total. The van der Waals surface area contributed by atoms with E-state index < -0.39 is 22.3 Å². The average molecular weight is 295 g/mol. The number of nitro groups is 1. The Balaban J connectivity index is 2.26. The maximum absolute atomic E-state index is 13.1. The van der Waals surface area contributed by atoms with E-state index in [0.717, 1.165) is 25.0 Å². The van der Waals surface area contributed by atoms with Crippen LogP contribution in [0.4, 0.5) is 10.1 Å². The second-order valence-electron chi connectivity index (χ2n) is 5.43. The lowest BCUT2D eigenvalue weighted by Crippen LogP contribution is -2.45. The van der Waals surface area contributed by atoms with Crippen molar-refractivity contribution >= 4 is 11.6 Å². The summed E-state index contributed by atoms with van der Waals surface area (Å²) in [7, 11) is 0. The number of nitrogens with zero attached hydrogens (tertiary/aromatic N) is 2. The maximum atomic E-state index is 13.1. The van der Waals surface area contributed by atoms with Crippen molar-refractivity contribution in [2.24, 2.45) is 11.7 Å². The summed E-state index contributed by atoms with van der Waals surface area (Å²) in [6.07, 6.45) is 1.75. The van der Waals surface area contributed by atoms with Crippen LogP contribution in [0.15, 0.2) is 18.2 Å². The molecule has 0 aromatic heterocycles. The second kappa shape index (κ2) is 6.17. The van der Waals surface area contributed by atoms with Crippen LogP contribution in [0.2, 0.25) is 0 Å². The molecule has 1 aliphatic rings. The van der Waals surface area contributed by atoms with Gasteiger partial charge in [0.15, 0.2) is 0 Å². The highest BCUT2D eigenvalue weighted by Gasteiger charge is 2.30. The molecule has 1 heterocycles. The van der Waals surface area contributed by atoms with Crippen LogP contribution in [0.1, 0.15) is 30.1 Å². The number of hydrogen-bond acceptors (Lipinski definition) is 4. The van der Waals surface area contributed by atoms with Crippen molar-refractivity contribution in [3.05, 3.63) is 39.7 Å². The Hall–Kier alpha value is -2.02. The molecule has 0 bridgehead atoms. The van der Waals surface area contributed by atoms with Crippen LogP contribution in [0.25, 0.3) is 0 Å². The van der Waals surface area contributed by atoms with Crippen molar-refractivity contribution in [1.82, 2.24) is 4.90 Å². The molecule has 2 atom stereocenters. The second-order valence-corrected chi connectivity index (χ2v) is 5.43. The number of amides is 1. The van der Waals surface area contributed by atoms with E-state index in [-0.39, 0.29) is 17.5 Å². The van der Waals surface area contributed by atoms with Gasteiger partial charge in [-0.15, -0.1) is 0 Å². The number of nitro benzene ring substituents is 1. The van der Waals surface area contributed by atoms with E-state index in [1.165, 1.54) is 6.07 Å². The molecule has 2 unspecified atom stereocenters. The molecular weight excluding hydrogens is 277 g/mol. The van der Waals surface area contributed by atoms with Crippen LogP contribution in [-0.4, -0.2) is 34.9 Å². The molecule has 0 spiro atoms. The summed E-state index contributed by atoms with van der Waals surface area (Å²) in [4.78, 5) is 24.3. The van der Waals surface area contributed by atoms with E-state index >= 15 is 0 Å². The number of piperidine rings is 1. The van der Waals surface area contributed by atoms with Gasteiger partial charge in [0.1, 0.15) is 11.4 Å². The minimum Gasteiger partial charge on any atom is -0.338 e. The third-order valence-corrected chi connectivity index (χ3v) is 3.88. The molecule has 1 saturated heterocycles. The normalized spacial score (nSPS) is 20.1. The third-order valence-electron chi connectivity index (χ3n) is 3.88. The molecule has 2 N–H and O–H groups in total. The first-order chi connectivity index (χ1) is 9.90. The van der Waals surface area contributed by atoms with E-state index in [4.69, 9.17) is 5.73 Å². The molecule has 114 valence electrons. The van der Waals surface area contributed by atoms with Gasteiger partial charge in [-0.2, -0.15) is 0 Å². The number of likely N-dealkylation sites (tertiary alicyclic amines) is 1. The zero-order valence-corrected chi connectivity index (χ0v) is 11.8. The molecule has 1 aromatic carbocycles. The molecule has 21 heavy (non-hydrogen) atoms. The van der Waals surface area contributed by atoms with E-state index in [1.807, 2.05) is 6.92 Å². The van der Waals surface area contributed by atoms with Crippen LogP contribution in [0.3, 0.4) is 0 Å². The highest BCUT2D eigenvalue weighted by Crippen LogP contribution is 2.25. The van der Waals surface area contributed by atoms with Crippen molar-refractivity contribution < 1.29 is 14.1 Å². The Morgan fingerprint density at radius 3 is 2.90 bits per heavy atom. The van der Waals surface area contributed by atoms with Crippen LogP contribution in [0.5, 0.6) is 0 Å². The summed E-state index contributed by atoms with van der Waals surface area (Å²) in [5.41, 5.74) is 5.30. The summed E-state index contributed by atoms with van der Waals surface area (Å²) in [5, 5.41) is 11.0. The van der Waals surface area contributed by atoms with Gasteiger partial charge < -0.3 is 10.6 Å². The van der Waals surface area contributed by atoms with E-state index in [0.29, 0.717) is 13.1 Å². The quantitative estimate of drug-likeness (QED) is 0.681. The molecule has 1 aromatic rings. The number of benzene rings is 1. The van der Waals surface area contributed by atoms with Gasteiger partial charge >= 0.3 is 0 Å². The molecular formula is C14H18FN3O3. The molecule has 7 heteroatoms. The van der Waals surface area contributed by atoms with Crippen molar-refractivity contribution in [2.45, 2.75) is 25.8 Å². The standard InChI is InChI=1S/C14H18FN3O3/c1-9(16)10-3-2-6-17(8-10)14(19)12-5-4-11(15)7-13(12)18(20)21/h4-5,7,9-10H,2-3,6,8,16H2,1H3. The van der Waals surface area contributed by atoms with Gasteiger partial charge in [-0.25, -0.2) is 4.39 Å². The first-order valence-corrected chi connectivity index (χ1v) is 6.89. The van der Waals surface area contributed by atoms with E-state index in [1.54, 1.807) is 4.90 Å². The summed E-state index contributed by atoms with van der Waals surface area (Å²) < 4.78 is 13.1. The highest BCUT2D eigenvalue weighted by molar-refractivity contribution is 5.98. The number of carbonyl (C=O) groups excluding carboxylic acids is 1. The molecule has 0 radical (unpaired) electrons. The summed E-state index contributed by atoms with van der Waals surface area (Å²) in [5.74, 6) is -0.986. The zero-order valence-electron chi connectivity index (χ0n) is 11.8. The lowest BCUT2D eigenvalue weighted by atomic mass is 9.92. The Morgan fingerprint density at radius 1 is 1.57 bits per heavy atom. The molecule has 0 aliphatic carbocycles. The summed E-state index contributed by atoms with van der Waals surface area (Å²) in [6, 6.07) is 2.97. The predicted octanol–water partition coefficient (Wildman–Crippen LogP) is 1.93. The van der Waals surface area contributed by atoms with Gasteiger partial charge in [-0.1, -0.05) is 0 Å². The van der Waals surface area contributed by atoms with Gasteiger partial charge in [-0.3, -0.25) is 14.9 Å². The molecule has 1 amide bonds. The maximum Gasteiger partial charge on any atom is 0.285 e. The minimum atomic E-state index is -0.733. The number of hydrogen-bond donors (Lipinski definition) is 1. The van der Waals surface area contributed by atoms with Crippen LogP contribution < -0.4 is 5.73 Å². The zero-order chi connectivity index (χ0) is 15.6. The molecule has 2 rings (SSSR count). The molecule has 1 fully saturated rings. The van der Waals surface area contributed by atoms with Gasteiger partial charge in [-0.05, 0) is 37.8 Å². The summed E-state index contributed by atoms with van der Waals surface area (Å²) in [6.45, 7) is 2.90. The van der Waals surface area contributed by atoms with E-state index in [9.17, 15) is 19.3 Å².